The monoisotopic (exact) mass is 205 g/mol. The van der Waals surface area contributed by atoms with E-state index in [1.54, 1.807) is 6.92 Å². The lowest BCUT2D eigenvalue weighted by molar-refractivity contribution is -0.127. The fourth-order valence-electron chi connectivity index (χ4n) is 1.24. The average molecular weight is 206 g/mol. The summed E-state index contributed by atoms with van der Waals surface area (Å²) < 4.78 is 0. The first kappa shape index (κ1) is 8.05. The summed E-state index contributed by atoms with van der Waals surface area (Å²) in [7, 11) is 0. The number of hydrogen-bond donors (Lipinski definition) is 0. The molecule has 1 aliphatic rings. The molecule has 0 aromatic carbocycles. The molecule has 1 atom stereocenters. The van der Waals surface area contributed by atoms with Gasteiger partial charge in [0.1, 0.15) is 0 Å². The zero-order valence-corrected chi connectivity index (χ0v) is 7.73. The second-order valence-electron chi connectivity index (χ2n) is 2.77. The standard InChI is InChI=1S/C7H12BrNO/c1-6(10)9-3-2-7(4-8)5-9/h7H,2-5H2,1H3/t7-/m1/s1. The Hall–Kier alpha value is -0.0500. The van der Waals surface area contributed by atoms with E-state index in [9.17, 15) is 4.79 Å². The molecule has 0 unspecified atom stereocenters. The van der Waals surface area contributed by atoms with Crippen molar-refractivity contribution in [2.24, 2.45) is 5.92 Å². The maximum Gasteiger partial charge on any atom is 0.219 e. The van der Waals surface area contributed by atoms with Gasteiger partial charge in [-0.05, 0) is 12.3 Å². The molecule has 0 aromatic rings. The molecule has 58 valence electrons. The van der Waals surface area contributed by atoms with Gasteiger partial charge in [0.25, 0.3) is 0 Å². The Morgan fingerprint density at radius 1 is 1.80 bits per heavy atom. The van der Waals surface area contributed by atoms with Crippen LogP contribution in [-0.2, 0) is 4.79 Å². The minimum Gasteiger partial charge on any atom is -0.343 e. The van der Waals surface area contributed by atoms with Crippen LogP contribution in [0.15, 0.2) is 0 Å². The van der Waals surface area contributed by atoms with Crippen LogP contribution in [0.3, 0.4) is 0 Å². The Morgan fingerprint density at radius 2 is 2.50 bits per heavy atom. The second-order valence-corrected chi connectivity index (χ2v) is 3.42. The maximum absolute atomic E-state index is 10.8. The number of alkyl halides is 1. The van der Waals surface area contributed by atoms with Crippen molar-refractivity contribution < 1.29 is 4.79 Å². The zero-order valence-electron chi connectivity index (χ0n) is 6.14. The number of halogens is 1. The third-order valence-electron chi connectivity index (χ3n) is 1.95. The van der Waals surface area contributed by atoms with Crippen molar-refractivity contribution in [1.29, 1.82) is 0 Å². The van der Waals surface area contributed by atoms with Crippen LogP contribution in [0.25, 0.3) is 0 Å². The molecule has 1 heterocycles. The second kappa shape index (κ2) is 3.37. The van der Waals surface area contributed by atoms with Crippen LogP contribution in [0, 0.1) is 5.92 Å². The van der Waals surface area contributed by atoms with Gasteiger partial charge in [-0.2, -0.15) is 0 Å². The van der Waals surface area contributed by atoms with Gasteiger partial charge in [0, 0.05) is 25.3 Å². The maximum atomic E-state index is 10.8. The number of carbonyl (C=O) groups excluding carboxylic acids is 1. The number of hydrogen-bond acceptors (Lipinski definition) is 1. The molecule has 0 N–H and O–H groups in total. The van der Waals surface area contributed by atoms with Gasteiger partial charge >= 0.3 is 0 Å². The van der Waals surface area contributed by atoms with Crippen LogP contribution < -0.4 is 0 Å². The summed E-state index contributed by atoms with van der Waals surface area (Å²) in [6.07, 6.45) is 1.16. The first-order chi connectivity index (χ1) is 4.74. The van der Waals surface area contributed by atoms with Gasteiger partial charge in [0.05, 0.1) is 0 Å². The summed E-state index contributed by atoms with van der Waals surface area (Å²) >= 11 is 3.41. The number of carbonyl (C=O) groups is 1. The molecule has 0 aliphatic carbocycles. The van der Waals surface area contributed by atoms with E-state index in [4.69, 9.17) is 0 Å². The molecular weight excluding hydrogens is 194 g/mol. The number of nitrogens with zero attached hydrogens (tertiary/aromatic N) is 1. The Morgan fingerprint density at radius 3 is 2.80 bits per heavy atom. The van der Waals surface area contributed by atoms with E-state index < -0.39 is 0 Å². The molecule has 3 heteroatoms. The van der Waals surface area contributed by atoms with Gasteiger partial charge in [-0.25, -0.2) is 0 Å². The lowest BCUT2D eigenvalue weighted by Gasteiger charge is -2.12. The van der Waals surface area contributed by atoms with Gasteiger partial charge in [0.2, 0.25) is 5.91 Å². The van der Waals surface area contributed by atoms with Crippen molar-refractivity contribution in [3.8, 4) is 0 Å². The van der Waals surface area contributed by atoms with Crippen molar-refractivity contribution in [3.63, 3.8) is 0 Å². The molecule has 10 heavy (non-hydrogen) atoms. The lowest BCUT2D eigenvalue weighted by atomic mass is 10.2. The lowest BCUT2D eigenvalue weighted by Crippen LogP contribution is -2.25. The molecule has 1 amide bonds. The predicted molar refractivity (Wildman–Crippen MR) is 44.2 cm³/mol. The van der Waals surface area contributed by atoms with E-state index in [0.717, 1.165) is 24.8 Å². The first-order valence-electron chi connectivity index (χ1n) is 3.55. The molecule has 0 bridgehead atoms. The van der Waals surface area contributed by atoms with Gasteiger partial charge in [0.15, 0.2) is 0 Å². The molecule has 2 nitrogen and oxygen atoms in total. The third kappa shape index (κ3) is 1.72. The highest BCUT2D eigenvalue weighted by Gasteiger charge is 2.22. The van der Waals surface area contributed by atoms with E-state index >= 15 is 0 Å². The van der Waals surface area contributed by atoms with Crippen molar-refractivity contribution >= 4 is 21.8 Å². The van der Waals surface area contributed by atoms with Crippen LogP contribution in [0.4, 0.5) is 0 Å². The topological polar surface area (TPSA) is 20.3 Å². The average Bonchev–Trinajstić information content (AvgIpc) is 2.34. The Bertz CT molecular complexity index is 138. The fourth-order valence-corrected chi connectivity index (χ4v) is 1.77. The molecule has 1 aliphatic heterocycles. The third-order valence-corrected chi connectivity index (χ3v) is 2.87. The summed E-state index contributed by atoms with van der Waals surface area (Å²) in [5.74, 6) is 0.896. The minimum absolute atomic E-state index is 0.212. The Kier molecular flexibility index (Phi) is 2.72. The summed E-state index contributed by atoms with van der Waals surface area (Å²) in [5.41, 5.74) is 0. The molecule has 1 fully saturated rings. The molecule has 0 radical (unpaired) electrons. The smallest absolute Gasteiger partial charge is 0.219 e. The summed E-state index contributed by atoms with van der Waals surface area (Å²) in [6, 6.07) is 0. The van der Waals surface area contributed by atoms with E-state index in [-0.39, 0.29) is 5.91 Å². The van der Waals surface area contributed by atoms with Crippen LogP contribution in [0.1, 0.15) is 13.3 Å². The van der Waals surface area contributed by atoms with Crippen molar-refractivity contribution in [2.45, 2.75) is 13.3 Å². The Balaban J connectivity index is 2.35. The minimum atomic E-state index is 0.212. The molecule has 0 aromatic heterocycles. The van der Waals surface area contributed by atoms with E-state index in [2.05, 4.69) is 15.9 Å². The zero-order chi connectivity index (χ0) is 7.56. The number of amides is 1. The van der Waals surface area contributed by atoms with Crippen molar-refractivity contribution in [1.82, 2.24) is 4.90 Å². The molecule has 1 rings (SSSR count). The SMILES string of the molecule is CC(=O)N1CC[C@H](CBr)C1. The molecule has 0 saturated carbocycles. The van der Waals surface area contributed by atoms with Gasteiger partial charge in [-0.15, -0.1) is 0 Å². The summed E-state index contributed by atoms with van der Waals surface area (Å²) in [5, 5.41) is 1.02. The number of likely N-dealkylation sites (tertiary alicyclic amines) is 1. The fraction of sp³-hybridized carbons (Fsp3) is 0.857. The Labute approximate surface area is 69.7 Å². The predicted octanol–water partition coefficient (Wildman–Crippen LogP) is 1.25. The summed E-state index contributed by atoms with van der Waals surface area (Å²) in [4.78, 5) is 12.7. The normalized spacial score (nSPS) is 25.4. The highest BCUT2D eigenvalue weighted by Crippen LogP contribution is 2.17. The van der Waals surface area contributed by atoms with Crippen LogP contribution >= 0.6 is 15.9 Å². The van der Waals surface area contributed by atoms with Crippen LogP contribution in [-0.4, -0.2) is 29.2 Å². The van der Waals surface area contributed by atoms with Crippen molar-refractivity contribution in [2.75, 3.05) is 18.4 Å². The highest BCUT2D eigenvalue weighted by molar-refractivity contribution is 9.09. The molecule has 1 saturated heterocycles. The number of rotatable bonds is 1. The van der Waals surface area contributed by atoms with E-state index in [1.807, 2.05) is 4.90 Å². The molecular formula is C7H12BrNO. The highest BCUT2D eigenvalue weighted by atomic mass is 79.9. The largest absolute Gasteiger partial charge is 0.343 e. The van der Waals surface area contributed by atoms with Gasteiger partial charge < -0.3 is 4.90 Å². The summed E-state index contributed by atoms with van der Waals surface area (Å²) in [6.45, 7) is 3.53. The van der Waals surface area contributed by atoms with E-state index in [1.165, 1.54) is 0 Å². The molecule has 0 spiro atoms. The quantitative estimate of drug-likeness (QED) is 0.591. The first-order valence-corrected chi connectivity index (χ1v) is 4.67. The van der Waals surface area contributed by atoms with Gasteiger partial charge in [-0.1, -0.05) is 15.9 Å². The van der Waals surface area contributed by atoms with E-state index in [0.29, 0.717) is 5.92 Å². The van der Waals surface area contributed by atoms with Crippen molar-refractivity contribution in [3.05, 3.63) is 0 Å². The van der Waals surface area contributed by atoms with Gasteiger partial charge in [-0.3, -0.25) is 4.79 Å². The van der Waals surface area contributed by atoms with Crippen LogP contribution in [0.2, 0.25) is 0 Å². The van der Waals surface area contributed by atoms with Crippen LogP contribution in [0.5, 0.6) is 0 Å².